The Morgan fingerprint density at radius 3 is 2.60 bits per heavy atom. The Labute approximate surface area is 149 Å². The van der Waals surface area contributed by atoms with Crippen molar-refractivity contribution in [3.63, 3.8) is 0 Å². The maximum atomic E-state index is 11.7. The number of cyclic esters (lactones) is 1. The zero-order valence-corrected chi connectivity index (χ0v) is 15.1. The number of hydrogen-bond acceptors (Lipinski definition) is 5. The van der Waals surface area contributed by atoms with Gasteiger partial charge in [0.2, 0.25) is 0 Å². The van der Waals surface area contributed by atoms with Gasteiger partial charge in [-0.05, 0) is 69.1 Å². The van der Waals surface area contributed by atoms with Crippen molar-refractivity contribution in [3.8, 4) is 0 Å². The van der Waals surface area contributed by atoms with Gasteiger partial charge in [0.05, 0.1) is 18.6 Å². The van der Waals surface area contributed by atoms with Crippen molar-refractivity contribution in [1.82, 2.24) is 0 Å². The highest BCUT2D eigenvalue weighted by molar-refractivity contribution is 5.86. The summed E-state index contributed by atoms with van der Waals surface area (Å²) in [6.45, 7) is 6.19. The topological polar surface area (TPSA) is 61.8 Å². The number of esters is 2. The van der Waals surface area contributed by atoms with Gasteiger partial charge >= 0.3 is 11.9 Å². The maximum absolute atomic E-state index is 11.7. The lowest BCUT2D eigenvalue weighted by Crippen LogP contribution is -2.58. The Balaban J connectivity index is 1.42. The Bertz CT molecular complexity index is 581. The third kappa shape index (κ3) is 3.35. The molecule has 138 valence electrons. The van der Waals surface area contributed by atoms with Crippen molar-refractivity contribution in [1.29, 1.82) is 0 Å². The van der Waals surface area contributed by atoms with Gasteiger partial charge in [-0.3, -0.25) is 4.79 Å². The van der Waals surface area contributed by atoms with Gasteiger partial charge < -0.3 is 14.2 Å². The summed E-state index contributed by atoms with van der Waals surface area (Å²) in [5, 5.41) is 0. The lowest BCUT2D eigenvalue weighted by atomic mass is 9.47. The molecule has 0 spiro atoms. The normalized spacial score (nSPS) is 41.6. The lowest BCUT2D eigenvalue weighted by molar-refractivity contribution is -0.215. The van der Waals surface area contributed by atoms with E-state index in [-0.39, 0.29) is 29.1 Å². The molecule has 4 aliphatic carbocycles. The second-order valence-electron chi connectivity index (χ2n) is 8.94. The van der Waals surface area contributed by atoms with E-state index in [1.807, 2.05) is 0 Å². The molecule has 0 aromatic carbocycles. The summed E-state index contributed by atoms with van der Waals surface area (Å²) in [5.41, 5.74) is 0.584. The molecule has 0 amide bonds. The smallest absolute Gasteiger partial charge is 0.333 e. The van der Waals surface area contributed by atoms with Crippen LogP contribution in [0.1, 0.15) is 58.3 Å². The Morgan fingerprint density at radius 2 is 2.00 bits per heavy atom. The molecule has 1 aliphatic heterocycles. The van der Waals surface area contributed by atoms with Crippen LogP contribution in [0.2, 0.25) is 0 Å². The summed E-state index contributed by atoms with van der Waals surface area (Å²) in [4.78, 5) is 23.1. The Kier molecular flexibility index (Phi) is 4.18. The minimum Gasteiger partial charge on any atom is -0.463 e. The highest BCUT2D eigenvalue weighted by atomic mass is 16.6. The zero-order valence-electron chi connectivity index (χ0n) is 15.1. The lowest BCUT2D eigenvalue weighted by Gasteiger charge is -2.62. The number of hydrogen-bond donors (Lipinski definition) is 0. The number of rotatable bonds is 6. The molecule has 1 heterocycles. The molecule has 1 saturated heterocycles. The molecule has 5 fully saturated rings. The predicted molar refractivity (Wildman–Crippen MR) is 90.7 cm³/mol. The van der Waals surface area contributed by atoms with Gasteiger partial charge in [0.25, 0.3) is 0 Å². The highest BCUT2D eigenvalue weighted by Crippen LogP contribution is 2.64. The zero-order chi connectivity index (χ0) is 17.7. The second-order valence-corrected chi connectivity index (χ2v) is 8.94. The Morgan fingerprint density at radius 1 is 1.28 bits per heavy atom. The summed E-state index contributed by atoms with van der Waals surface area (Å²) in [7, 11) is 0. The van der Waals surface area contributed by atoms with Crippen LogP contribution in [0.3, 0.4) is 0 Å². The summed E-state index contributed by atoms with van der Waals surface area (Å²) >= 11 is 0. The molecule has 3 atom stereocenters. The van der Waals surface area contributed by atoms with Gasteiger partial charge in [-0.15, -0.1) is 0 Å². The van der Waals surface area contributed by atoms with Crippen molar-refractivity contribution < 1.29 is 23.8 Å². The van der Waals surface area contributed by atoms with Crippen LogP contribution in [0.15, 0.2) is 12.2 Å². The molecule has 0 aromatic heterocycles. The fourth-order valence-electron chi connectivity index (χ4n) is 6.20. The summed E-state index contributed by atoms with van der Waals surface area (Å²) in [5.74, 6) is 0.973. The van der Waals surface area contributed by atoms with Gasteiger partial charge in [-0.2, -0.15) is 0 Å². The third-order valence-electron chi connectivity index (χ3n) is 6.58. The predicted octanol–water partition coefficient (Wildman–Crippen LogP) is 3.17. The number of carbonyl (C=O) groups is 2. The average molecular weight is 348 g/mol. The molecular weight excluding hydrogens is 320 g/mol. The van der Waals surface area contributed by atoms with E-state index >= 15 is 0 Å². The van der Waals surface area contributed by atoms with E-state index in [1.165, 1.54) is 19.3 Å². The molecule has 0 N–H and O–H groups in total. The first kappa shape index (κ1) is 17.1. The van der Waals surface area contributed by atoms with Crippen LogP contribution < -0.4 is 0 Å². The first-order valence-corrected chi connectivity index (χ1v) is 9.53. The van der Waals surface area contributed by atoms with Crippen LogP contribution in [-0.4, -0.2) is 36.9 Å². The molecule has 3 unspecified atom stereocenters. The standard InChI is InChI=1S/C20H28O5/c1-13(2)18(22)23-4-3-19-7-14-5-15(8-19)10-20(9-14,12-19)25-16-6-17(21)24-11-16/h14-16H,1,3-12H2,2H3. The largest absolute Gasteiger partial charge is 0.463 e. The number of carbonyl (C=O) groups excluding carboxylic acids is 2. The molecule has 0 aromatic rings. The molecule has 25 heavy (non-hydrogen) atoms. The SMILES string of the molecule is C=C(C)C(=O)OCCC12CC3CC(C1)CC(OC1COC(=O)C1)(C3)C2. The first-order valence-electron chi connectivity index (χ1n) is 9.53. The van der Waals surface area contributed by atoms with Crippen LogP contribution in [0.25, 0.3) is 0 Å². The minimum absolute atomic E-state index is 0.0814. The average Bonchev–Trinajstić information content (AvgIpc) is 2.89. The molecule has 0 radical (unpaired) electrons. The van der Waals surface area contributed by atoms with E-state index < -0.39 is 0 Å². The van der Waals surface area contributed by atoms with E-state index in [0.29, 0.717) is 37.0 Å². The van der Waals surface area contributed by atoms with E-state index in [9.17, 15) is 9.59 Å². The third-order valence-corrected chi connectivity index (χ3v) is 6.58. The van der Waals surface area contributed by atoms with Crippen molar-refractivity contribution in [2.24, 2.45) is 17.3 Å². The van der Waals surface area contributed by atoms with Crippen molar-refractivity contribution in [3.05, 3.63) is 12.2 Å². The first-order chi connectivity index (χ1) is 11.9. The fourth-order valence-corrected chi connectivity index (χ4v) is 6.20. The van der Waals surface area contributed by atoms with Gasteiger partial charge in [0.15, 0.2) is 0 Å². The molecule has 4 bridgehead atoms. The fraction of sp³-hybridized carbons (Fsp3) is 0.800. The van der Waals surface area contributed by atoms with E-state index in [0.717, 1.165) is 25.7 Å². The van der Waals surface area contributed by atoms with Crippen LogP contribution in [0.5, 0.6) is 0 Å². The number of ether oxygens (including phenoxy) is 3. The monoisotopic (exact) mass is 348 g/mol. The molecule has 4 saturated carbocycles. The molecule has 5 nitrogen and oxygen atoms in total. The second kappa shape index (κ2) is 6.11. The van der Waals surface area contributed by atoms with Crippen molar-refractivity contribution in [2.45, 2.75) is 70.0 Å². The quantitative estimate of drug-likeness (QED) is 0.545. The van der Waals surface area contributed by atoms with E-state index in [1.54, 1.807) is 6.92 Å². The maximum Gasteiger partial charge on any atom is 0.333 e. The van der Waals surface area contributed by atoms with E-state index in [4.69, 9.17) is 14.2 Å². The van der Waals surface area contributed by atoms with Crippen LogP contribution in [0, 0.1) is 17.3 Å². The van der Waals surface area contributed by atoms with Gasteiger partial charge in [-0.25, -0.2) is 4.79 Å². The molecule has 5 aliphatic rings. The summed E-state index contributed by atoms with van der Waals surface area (Å²) < 4.78 is 17.0. The van der Waals surface area contributed by atoms with Gasteiger partial charge in [-0.1, -0.05) is 6.58 Å². The van der Waals surface area contributed by atoms with Crippen LogP contribution in [-0.2, 0) is 23.8 Å². The highest BCUT2D eigenvalue weighted by Gasteiger charge is 2.58. The molecular formula is C20H28O5. The van der Waals surface area contributed by atoms with Crippen LogP contribution in [0.4, 0.5) is 0 Å². The minimum atomic E-state index is -0.294. The summed E-state index contributed by atoms with van der Waals surface area (Å²) in [6.07, 6.45) is 8.22. The Hall–Kier alpha value is -1.36. The van der Waals surface area contributed by atoms with Crippen LogP contribution >= 0.6 is 0 Å². The van der Waals surface area contributed by atoms with Gasteiger partial charge in [0, 0.05) is 5.57 Å². The van der Waals surface area contributed by atoms with Crippen molar-refractivity contribution >= 4 is 11.9 Å². The van der Waals surface area contributed by atoms with Gasteiger partial charge in [0.1, 0.15) is 12.7 Å². The molecule has 5 heteroatoms. The summed E-state index contributed by atoms with van der Waals surface area (Å²) in [6, 6.07) is 0. The van der Waals surface area contributed by atoms with Crippen molar-refractivity contribution in [2.75, 3.05) is 13.2 Å². The van der Waals surface area contributed by atoms with E-state index in [2.05, 4.69) is 6.58 Å². The molecule has 5 rings (SSSR count).